The molecule has 1 aromatic heterocycles. The van der Waals surface area contributed by atoms with Crippen molar-refractivity contribution in [3.63, 3.8) is 0 Å². The summed E-state index contributed by atoms with van der Waals surface area (Å²) in [6.07, 6.45) is -9.30. The fourth-order valence-corrected chi connectivity index (χ4v) is 1.72. The molecule has 1 heterocycles. The van der Waals surface area contributed by atoms with Crippen LogP contribution < -0.4 is 4.24 Å². The Morgan fingerprint density at radius 1 is 0.895 bits per heavy atom. The predicted octanol–water partition coefficient (Wildman–Crippen LogP) is 3.07. The molecule has 2 rings (SSSR count). The number of aromatic nitrogens is 1. The van der Waals surface area contributed by atoms with Crippen LogP contribution in [0.25, 0.3) is 10.9 Å². The van der Waals surface area contributed by atoms with Crippen LogP contribution in [0.1, 0.15) is 11.3 Å². The summed E-state index contributed by atoms with van der Waals surface area (Å²) in [5, 5.41) is 0.265. The summed E-state index contributed by atoms with van der Waals surface area (Å²) < 4.78 is 75.4. The van der Waals surface area contributed by atoms with Crippen LogP contribution in [0.2, 0.25) is 0 Å². The van der Waals surface area contributed by atoms with Crippen molar-refractivity contribution >= 4 is 32.9 Å². The summed E-state index contributed by atoms with van der Waals surface area (Å²) in [7, 11) is 0. The second-order valence-electron chi connectivity index (χ2n) is 4.05. The maximum atomic E-state index is 12.5. The van der Waals surface area contributed by atoms with Gasteiger partial charge in [0.1, 0.15) is 0 Å². The topological polar surface area (TPSA) is 12.9 Å². The van der Waals surface area contributed by atoms with E-state index in [1.54, 1.807) is 0 Å². The minimum atomic E-state index is -4.69. The Hall–Kier alpha value is -1.19. The molecule has 0 amide bonds. The Morgan fingerprint density at radius 2 is 1.53 bits per heavy atom. The predicted molar refractivity (Wildman–Crippen MR) is 57.1 cm³/mol. The number of pyridine rings is 1. The first kappa shape index (κ1) is 14.2. The van der Waals surface area contributed by atoms with Gasteiger partial charge in [-0.15, -0.1) is 0 Å². The summed E-state index contributed by atoms with van der Waals surface area (Å²) in [5.74, 6) is 0. The SMILES string of the molecule is [Li][c]1cc(C(F)(F)F)nc2cc(C(F)(F)F)ccc12. The zero-order valence-corrected chi connectivity index (χ0v) is 9.52. The van der Waals surface area contributed by atoms with Gasteiger partial charge in [-0.1, -0.05) is 0 Å². The third-order valence-corrected chi connectivity index (χ3v) is 2.63. The molecule has 1 nitrogen and oxygen atoms in total. The van der Waals surface area contributed by atoms with Crippen LogP contribution >= 0.6 is 0 Å². The van der Waals surface area contributed by atoms with Gasteiger partial charge in [0.2, 0.25) is 0 Å². The molecular weight excluding hydrogens is 267 g/mol. The van der Waals surface area contributed by atoms with Crippen molar-refractivity contribution in [2.45, 2.75) is 12.4 Å². The molecule has 0 fully saturated rings. The standard InChI is InChI=1S/C11H4F6N.Li/c12-10(13,14)7-3-1-6-2-4-9(11(15,16)17)18-8(6)5-7;/h1,3-5H;. The number of nitrogens with zero attached hydrogens (tertiary/aromatic N) is 1. The van der Waals surface area contributed by atoms with Crippen LogP contribution in [-0.4, -0.2) is 22.7 Å². The maximum absolute atomic E-state index is 12.5. The molecule has 0 aliphatic heterocycles. The molecule has 0 radical (unpaired) electrons. The van der Waals surface area contributed by atoms with Crippen molar-refractivity contribution in [3.8, 4) is 0 Å². The van der Waals surface area contributed by atoms with E-state index in [0.29, 0.717) is 6.07 Å². The first-order chi connectivity index (χ1) is 8.59. The Morgan fingerprint density at radius 3 is 2.05 bits per heavy atom. The van der Waals surface area contributed by atoms with E-state index in [1.165, 1.54) is 17.7 Å². The van der Waals surface area contributed by atoms with Crippen molar-refractivity contribution in [3.05, 3.63) is 35.5 Å². The van der Waals surface area contributed by atoms with Gasteiger partial charge in [-0.2, -0.15) is 0 Å². The van der Waals surface area contributed by atoms with Crippen LogP contribution in [0.5, 0.6) is 0 Å². The fourth-order valence-electron chi connectivity index (χ4n) is 1.72. The van der Waals surface area contributed by atoms with Gasteiger partial charge in [0.05, 0.1) is 0 Å². The van der Waals surface area contributed by atoms with E-state index < -0.39 is 23.6 Å². The Bertz CT molecular complexity index is 626. The summed E-state index contributed by atoms with van der Waals surface area (Å²) in [6.45, 7) is 0. The Balaban J connectivity index is 2.70. The summed E-state index contributed by atoms with van der Waals surface area (Å²) >= 11 is 1.40. The molecular formula is C11H4F6LiN. The van der Waals surface area contributed by atoms with E-state index in [1.807, 2.05) is 0 Å². The van der Waals surface area contributed by atoms with E-state index in [-0.39, 0.29) is 15.1 Å². The molecule has 0 aliphatic carbocycles. The molecule has 96 valence electrons. The third kappa shape index (κ3) is 2.87. The number of hydrogen-bond acceptors (Lipinski definition) is 1. The number of alkyl halides is 6. The van der Waals surface area contributed by atoms with Crippen LogP contribution in [0.15, 0.2) is 24.3 Å². The molecule has 0 unspecified atom stereocenters. The molecule has 19 heavy (non-hydrogen) atoms. The van der Waals surface area contributed by atoms with E-state index in [2.05, 4.69) is 4.98 Å². The quantitative estimate of drug-likeness (QED) is 0.530. The molecule has 0 N–H and O–H groups in total. The van der Waals surface area contributed by atoms with Gasteiger partial charge in [-0.05, 0) is 0 Å². The van der Waals surface area contributed by atoms with Crippen LogP contribution in [0, 0.1) is 0 Å². The van der Waals surface area contributed by atoms with E-state index in [9.17, 15) is 26.3 Å². The number of halogens is 6. The number of rotatable bonds is 0. The van der Waals surface area contributed by atoms with Crippen molar-refractivity contribution in [1.29, 1.82) is 0 Å². The number of fused-ring (bicyclic) bond motifs is 1. The first-order valence-electron chi connectivity index (χ1n) is 5.15. The van der Waals surface area contributed by atoms with Gasteiger partial charge in [-0.3, -0.25) is 0 Å². The van der Waals surface area contributed by atoms with Crippen molar-refractivity contribution < 1.29 is 26.3 Å². The second-order valence-corrected chi connectivity index (χ2v) is 4.05. The molecule has 0 aliphatic rings. The third-order valence-electron chi connectivity index (χ3n) is 2.63. The molecule has 1 aromatic carbocycles. The summed E-state index contributed by atoms with van der Waals surface area (Å²) in [4.78, 5) is 3.26. The summed E-state index contributed by atoms with van der Waals surface area (Å²) in [5.41, 5.74) is -2.54. The van der Waals surface area contributed by atoms with Gasteiger partial charge >= 0.3 is 112 Å². The monoisotopic (exact) mass is 271 g/mol. The minimum absolute atomic E-state index is 0.228. The molecule has 2 aromatic rings. The van der Waals surface area contributed by atoms with Crippen LogP contribution in [-0.2, 0) is 12.4 Å². The zero-order valence-electron chi connectivity index (χ0n) is 9.52. The molecule has 8 heteroatoms. The molecule has 0 atom stereocenters. The first-order valence-corrected chi connectivity index (χ1v) is 5.15. The fraction of sp³-hybridized carbons (Fsp3) is 0.182. The van der Waals surface area contributed by atoms with Crippen molar-refractivity contribution in [2.24, 2.45) is 0 Å². The van der Waals surface area contributed by atoms with E-state index in [0.717, 1.165) is 18.2 Å². The van der Waals surface area contributed by atoms with Crippen LogP contribution in [0.4, 0.5) is 26.3 Å². The zero-order chi connectivity index (χ0) is 14.4. The molecule has 0 saturated carbocycles. The average molecular weight is 271 g/mol. The molecule has 0 spiro atoms. The van der Waals surface area contributed by atoms with Crippen LogP contribution in [0.3, 0.4) is 0 Å². The van der Waals surface area contributed by atoms with Crippen molar-refractivity contribution in [1.82, 2.24) is 4.98 Å². The van der Waals surface area contributed by atoms with E-state index in [4.69, 9.17) is 0 Å². The van der Waals surface area contributed by atoms with Gasteiger partial charge in [0.25, 0.3) is 0 Å². The normalized spacial score (nSPS) is 13.1. The second kappa shape index (κ2) is 4.42. The van der Waals surface area contributed by atoms with Gasteiger partial charge in [0, 0.05) is 0 Å². The Kier molecular flexibility index (Phi) is 3.31. The average Bonchev–Trinajstić information content (AvgIpc) is 2.25. The van der Waals surface area contributed by atoms with Crippen molar-refractivity contribution in [2.75, 3.05) is 0 Å². The molecule has 0 bridgehead atoms. The van der Waals surface area contributed by atoms with Gasteiger partial charge in [0.15, 0.2) is 0 Å². The Labute approximate surface area is 112 Å². The van der Waals surface area contributed by atoms with E-state index >= 15 is 0 Å². The van der Waals surface area contributed by atoms with Gasteiger partial charge < -0.3 is 0 Å². The van der Waals surface area contributed by atoms with Gasteiger partial charge in [-0.25, -0.2) is 0 Å². The summed E-state index contributed by atoms with van der Waals surface area (Å²) in [6, 6.07) is 3.39. The number of benzene rings is 1. The number of hydrogen-bond donors (Lipinski definition) is 0. The molecule has 0 saturated heterocycles.